The highest BCUT2D eigenvalue weighted by Crippen LogP contribution is 2.15. The van der Waals surface area contributed by atoms with Crippen LogP contribution >= 0.6 is 0 Å². The highest BCUT2D eigenvalue weighted by molar-refractivity contribution is 5.71. The van der Waals surface area contributed by atoms with Gasteiger partial charge < -0.3 is 4.90 Å². The van der Waals surface area contributed by atoms with Gasteiger partial charge in [-0.1, -0.05) is 61.2 Å². The number of rotatable bonds is 4. The molecule has 0 heterocycles. The first-order chi connectivity index (χ1) is 9.19. The van der Waals surface area contributed by atoms with E-state index < -0.39 is 0 Å². The summed E-state index contributed by atoms with van der Waals surface area (Å²) in [7, 11) is 4.10. The maximum absolute atomic E-state index is 3.75. The van der Waals surface area contributed by atoms with Crippen molar-refractivity contribution in [3.05, 3.63) is 71.8 Å². The van der Waals surface area contributed by atoms with E-state index in [1.54, 1.807) is 0 Å². The fourth-order valence-electron chi connectivity index (χ4n) is 1.82. The Hall–Kier alpha value is -2.28. The van der Waals surface area contributed by atoms with E-state index in [2.05, 4.69) is 72.2 Å². The van der Waals surface area contributed by atoms with Gasteiger partial charge in [0.15, 0.2) is 0 Å². The van der Waals surface area contributed by atoms with Crippen LogP contribution in [0.4, 0.5) is 5.69 Å². The van der Waals surface area contributed by atoms with Crippen molar-refractivity contribution >= 4 is 23.9 Å². The van der Waals surface area contributed by atoms with Gasteiger partial charge in [0.1, 0.15) is 0 Å². The Labute approximate surface area is 115 Å². The average molecular weight is 249 g/mol. The van der Waals surface area contributed by atoms with Crippen LogP contribution in [0.15, 0.2) is 55.1 Å². The Morgan fingerprint density at radius 1 is 0.737 bits per heavy atom. The van der Waals surface area contributed by atoms with Gasteiger partial charge in [-0.05, 0) is 28.8 Å². The summed E-state index contributed by atoms with van der Waals surface area (Å²) in [5.41, 5.74) is 4.76. The monoisotopic (exact) mass is 249 g/mol. The van der Waals surface area contributed by atoms with Crippen molar-refractivity contribution in [2.24, 2.45) is 0 Å². The van der Waals surface area contributed by atoms with Gasteiger partial charge in [0.2, 0.25) is 0 Å². The van der Waals surface area contributed by atoms with Crippen LogP contribution in [0.2, 0.25) is 0 Å². The predicted octanol–water partition coefficient (Wildman–Crippen LogP) is 4.57. The molecule has 2 rings (SSSR count). The summed E-state index contributed by atoms with van der Waals surface area (Å²) >= 11 is 0. The zero-order valence-corrected chi connectivity index (χ0v) is 11.5. The Balaban J connectivity index is 2.10. The molecule has 0 aromatic heterocycles. The molecule has 0 unspecified atom stereocenters. The van der Waals surface area contributed by atoms with Gasteiger partial charge in [-0.2, -0.15) is 0 Å². The molecule has 96 valence electrons. The molecule has 0 N–H and O–H groups in total. The topological polar surface area (TPSA) is 3.24 Å². The first-order valence-electron chi connectivity index (χ1n) is 6.37. The lowest BCUT2D eigenvalue weighted by Crippen LogP contribution is -2.07. The van der Waals surface area contributed by atoms with E-state index in [4.69, 9.17) is 0 Å². The number of hydrogen-bond acceptors (Lipinski definition) is 1. The molecule has 0 fully saturated rings. The van der Waals surface area contributed by atoms with Crippen molar-refractivity contribution < 1.29 is 0 Å². The maximum Gasteiger partial charge on any atom is 0.0361 e. The molecule has 2 aromatic carbocycles. The van der Waals surface area contributed by atoms with Crippen LogP contribution in [-0.2, 0) is 0 Å². The summed E-state index contributed by atoms with van der Waals surface area (Å²) in [6, 6.07) is 16.8. The normalized spacial score (nSPS) is 10.6. The van der Waals surface area contributed by atoms with E-state index in [0.717, 1.165) is 5.56 Å². The molecule has 1 heteroatoms. The van der Waals surface area contributed by atoms with Crippen molar-refractivity contribution in [3.63, 3.8) is 0 Å². The summed E-state index contributed by atoms with van der Waals surface area (Å²) in [6.07, 6.45) is 6.10. The first kappa shape index (κ1) is 13.2. The van der Waals surface area contributed by atoms with E-state index in [0.29, 0.717) is 0 Å². The van der Waals surface area contributed by atoms with Crippen molar-refractivity contribution in [1.82, 2.24) is 0 Å². The average Bonchev–Trinajstić information content (AvgIpc) is 2.46. The minimum atomic E-state index is 1.15. The zero-order valence-electron chi connectivity index (χ0n) is 11.5. The van der Waals surface area contributed by atoms with Gasteiger partial charge in [-0.25, -0.2) is 0 Å². The molecule has 0 bridgehead atoms. The van der Waals surface area contributed by atoms with Gasteiger partial charge in [0, 0.05) is 19.8 Å². The molecule has 0 atom stereocenters. The highest BCUT2D eigenvalue weighted by Gasteiger charge is 1.93. The molecule has 2 aromatic rings. The Morgan fingerprint density at radius 3 is 1.58 bits per heavy atom. The molecule has 0 spiro atoms. The van der Waals surface area contributed by atoms with Gasteiger partial charge in [-0.3, -0.25) is 0 Å². The predicted molar refractivity (Wildman–Crippen MR) is 86.2 cm³/mol. The quantitative estimate of drug-likeness (QED) is 0.718. The lowest BCUT2D eigenvalue weighted by Gasteiger charge is -2.11. The number of nitrogens with zero attached hydrogens (tertiary/aromatic N) is 1. The zero-order chi connectivity index (χ0) is 13.7. The molecule has 0 saturated heterocycles. The van der Waals surface area contributed by atoms with Crippen molar-refractivity contribution in [3.8, 4) is 0 Å². The standard InChI is InChI=1S/C18H19N/c1-4-15-5-7-16(8-6-15)9-10-17-11-13-18(14-12-17)19(2)3/h4-14H,1H2,2-3H3. The summed E-state index contributed by atoms with van der Waals surface area (Å²) in [4.78, 5) is 2.10. The molecule has 0 aliphatic heterocycles. The molecule has 0 saturated carbocycles. The van der Waals surface area contributed by atoms with Gasteiger partial charge >= 0.3 is 0 Å². The maximum atomic E-state index is 3.75. The van der Waals surface area contributed by atoms with Crippen LogP contribution in [-0.4, -0.2) is 14.1 Å². The number of anilines is 1. The van der Waals surface area contributed by atoms with Crippen LogP contribution < -0.4 is 4.90 Å². The van der Waals surface area contributed by atoms with Crippen molar-refractivity contribution in [2.45, 2.75) is 0 Å². The fourth-order valence-corrected chi connectivity index (χ4v) is 1.82. The molecule has 0 aliphatic carbocycles. The Kier molecular flexibility index (Phi) is 4.19. The highest BCUT2D eigenvalue weighted by atomic mass is 15.1. The Bertz CT molecular complexity index is 560. The molecule has 0 radical (unpaired) electrons. The molecule has 0 aliphatic rings. The van der Waals surface area contributed by atoms with Crippen molar-refractivity contribution in [1.29, 1.82) is 0 Å². The summed E-state index contributed by atoms with van der Waals surface area (Å²) in [5, 5.41) is 0. The van der Waals surface area contributed by atoms with Crippen LogP contribution in [0.25, 0.3) is 18.2 Å². The molecule has 1 nitrogen and oxygen atoms in total. The third-order valence-electron chi connectivity index (χ3n) is 3.05. The second kappa shape index (κ2) is 6.05. The third kappa shape index (κ3) is 3.59. The molecular formula is C18H19N. The minimum Gasteiger partial charge on any atom is -0.378 e. The van der Waals surface area contributed by atoms with Crippen LogP contribution in [0, 0.1) is 0 Å². The van der Waals surface area contributed by atoms with Gasteiger partial charge in [0.25, 0.3) is 0 Å². The number of hydrogen-bond donors (Lipinski definition) is 0. The Morgan fingerprint density at radius 2 is 1.16 bits per heavy atom. The summed E-state index contributed by atoms with van der Waals surface area (Å²) in [5.74, 6) is 0. The van der Waals surface area contributed by atoms with Crippen LogP contribution in [0.5, 0.6) is 0 Å². The molecular weight excluding hydrogens is 230 g/mol. The SMILES string of the molecule is C=Cc1ccc(C=Cc2ccc(N(C)C)cc2)cc1. The van der Waals surface area contributed by atoms with Crippen LogP contribution in [0.1, 0.15) is 16.7 Å². The van der Waals surface area contributed by atoms with E-state index in [-0.39, 0.29) is 0 Å². The van der Waals surface area contributed by atoms with E-state index in [1.165, 1.54) is 16.8 Å². The lowest BCUT2D eigenvalue weighted by atomic mass is 10.1. The minimum absolute atomic E-state index is 1.15. The van der Waals surface area contributed by atoms with Crippen molar-refractivity contribution in [2.75, 3.05) is 19.0 Å². The van der Waals surface area contributed by atoms with Crippen LogP contribution in [0.3, 0.4) is 0 Å². The fraction of sp³-hybridized carbons (Fsp3) is 0.111. The number of benzene rings is 2. The second-order valence-corrected chi connectivity index (χ2v) is 4.69. The molecule has 19 heavy (non-hydrogen) atoms. The summed E-state index contributed by atoms with van der Waals surface area (Å²) in [6.45, 7) is 3.75. The largest absolute Gasteiger partial charge is 0.378 e. The molecule has 0 amide bonds. The van der Waals surface area contributed by atoms with Gasteiger partial charge in [0.05, 0.1) is 0 Å². The second-order valence-electron chi connectivity index (χ2n) is 4.69. The smallest absolute Gasteiger partial charge is 0.0361 e. The van der Waals surface area contributed by atoms with E-state index >= 15 is 0 Å². The first-order valence-corrected chi connectivity index (χ1v) is 6.37. The van der Waals surface area contributed by atoms with Gasteiger partial charge in [-0.15, -0.1) is 0 Å². The van der Waals surface area contributed by atoms with E-state index in [9.17, 15) is 0 Å². The third-order valence-corrected chi connectivity index (χ3v) is 3.05. The van der Waals surface area contributed by atoms with E-state index in [1.807, 2.05) is 20.2 Å². The lowest BCUT2D eigenvalue weighted by molar-refractivity contribution is 1.13. The summed E-state index contributed by atoms with van der Waals surface area (Å²) < 4.78 is 0.